The molecule has 10 heteroatoms. The van der Waals surface area contributed by atoms with Crippen molar-refractivity contribution in [2.45, 2.75) is 24.8 Å². The Morgan fingerprint density at radius 3 is 2.38 bits per heavy atom. The second-order valence-electron chi connectivity index (χ2n) is 4.18. The fourth-order valence-corrected chi connectivity index (χ4v) is 1.62. The van der Waals surface area contributed by atoms with Crippen molar-refractivity contribution in [2.24, 2.45) is 0 Å². The molecule has 0 saturated carbocycles. The summed E-state index contributed by atoms with van der Waals surface area (Å²) in [5.41, 5.74) is -3.30. The molecular weight excluding hydrogens is 326 g/mol. The Morgan fingerprint density at radius 2 is 1.86 bits per heavy atom. The largest absolute Gasteiger partial charge is 0.449 e. The van der Waals surface area contributed by atoms with Gasteiger partial charge in [0.15, 0.2) is 0 Å². The maximum atomic E-state index is 13.1. The van der Waals surface area contributed by atoms with Crippen LogP contribution in [0.3, 0.4) is 0 Å². The third-order valence-electron chi connectivity index (χ3n) is 2.55. The van der Waals surface area contributed by atoms with Crippen molar-refractivity contribution in [3.8, 4) is 5.75 Å². The Hall–Kier alpha value is -1.64. The molecule has 0 saturated heterocycles. The molecule has 0 bridgehead atoms. The lowest BCUT2D eigenvalue weighted by Crippen LogP contribution is -2.33. The molecule has 3 nitrogen and oxygen atoms in total. The number of imidazole rings is 1. The molecule has 0 fully saturated rings. The number of rotatable bonds is 3. The highest BCUT2D eigenvalue weighted by Gasteiger charge is 2.42. The first-order chi connectivity index (χ1) is 9.50. The Balaban J connectivity index is 2.45. The van der Waals surface area contributed by atoms with E-state index in [0.717, 1.165) is 12.1 Å². The summed E-state index contributed by atoms with van der Waals surface area (Å²) in [6.07, 6.45) is -9.02. The number of benzene rings is 1. The fourth-order valence-electron chi connectivity index (χ4n) is 1.58. The zero-order valence-electron chi connectivity index (χ0n) is 10.2. The van der Waals surface area contributed by atoms with Crippen LogP contribution in [0.2, 0.25) is 0 Å². The molecule has 0 aliphatic heterocycles. The van der Waals surface area contributed by atoms with Crippen molar-refractivity contribution < 1.29 is 31.1 Å². The number of hydrogen-bond donors (Lipinski definition) is 1. The normalized spacial score (nSPS) is 14.5. The highest BCUT2D eigenvalue weighted by atomic mass is 35.5. The molecule has 0 radical (unpaired) electrons. The lowest BCUT2D eigenvalue weighted by molar-refractivity contribution is -0.199. The molecule has 0 spiro atoms. The Labute approximate surface area is 118 Å². The molecule has 0 amide bonds. The van der Waals surface area contributed by atoms with E-state index in [4.69, 9.17) is 0 Å². The number of aryl methyl sites for hydroxylation is 1. The summed E-state index contributed by atoms with van der Waals surface area (Å²) < 4.78 is 80.2. The third kappa shape index (κ3) is 3.17. The van der Waals surface area contributed by atoms with Crippen LogP contribution in [-0.2, 0) is 6.18 Å². The molecule has 116 valence electrons. The maximum Gasteiger partial charge on any atom is 0.449 e. The van der Waals surface area contributed by atoms with Crippen molar-refractivity contribution in [1.82, 2.24) is 9.97 Å². The van der Waals surface area contributed by atoms with E-state index in [1.165, 1.54) is 6.92 Å². The van der Waals surface area contributed by atoms with E-state index >= 15 is 0 Å². The number of fused-ring (bicyclic) bond motifs is 1. The smallest absolute Gasteiger partial charge is 0.429 e. The SMILES string of the molecule is Cc1cc2nc(C(F)(F)F)[nH]c2cc1OC(F)(F)C(F)Cl. The first kappa shape index (κ1) is 15.7. The molecular formula is C11H7ClF6N2O. The molecule has 2 aromatic rings. The van der Waals surface area contributed by atoms with Crippen LogP contribution < -0.4 is 4.74 Å². The molecule has 1 atom stereocenters. The van der Waals surface area contributed by atoms with Gasteiger partial charge in [0.05, 0.1) is 11.0 Å². The van der Waals surface area contributed by atoms with Crippen LogP contribution in [0.4, 0.5) is 26.3 Å². The topological polar surface area (TPSA) is 37.9 Å². The van der Waals surface area contributed by atoms with E-state index in [9.17, 15) is 26.3 Å². The summed E-state index contributed by atoms with van der Waals surface area (Å²) in [4.78, 5) is 5.22. The number of halogens is 7. The quantitative estimate of drug-likeness (QED) is 0.668. The third-order valence-corrected chi connectivity index (χ3v) is 2.80. The van der Waals surface area contributed by atoms with Gasteiger partial charge < -0.3 is 9.72 Å². The first-order valence-corrected chi connectivity index (χ1v) is 5.87. The molecule has 0 aliphatic carbocycles. The number of aromatic amines is 1. The minimum Gasteiger partial charge on any atom is -0.429 e. The average Bonchev–Trinajstić information content (AvgIpc) is 2.71. The second kappa shape index (κ2) is 4.97. The van der Waals surface area contributed by atoms with Crippen molar-refractivity contribution in [1.29, 1.82) is 0 Å². The number of ether oxygens (including phenoxy) is 1. The zero-order chi connectivity index (χ0) is 16.0. The molecule has 1 unspecified atom stereocenters. The Morgan fingerprint density at radius 1 is 1.24 bits per heavy atom. The van der Waals surface area contributed by atoms with Gasteiger partial charge in [-0.05, 0) is 18.6 Å². The lowest BCUT2D eigenvalue weighted by atomic mass is 10.2. The monoisotopic (exact) mass is 332 g/mol. The van der Waals surface area contributed by atoms with Gasteiger partial charge in [0.2, 0.25) is 5.82 Å². The van der Waals surface area contributed by atoms with Gasteiger partial charge in [0.25, 0.3) is 5.63 Å². The second-order valence-corrected chi connectivity index (χ2v) is 4.57. The zero-order valence-corrected chi connectivity index (χ0v) is 11.0. The first-order valence-electron chi connectivity index (χ1n) is 5.43. The maximum absolute atomic E-state index is 13.1. The van der Waals surface area contributed by atoms with Gasteiger partial charge in [-0.2, -0.15) is 22.0 Å². The van der Waals surface area contributed by atoms with Gasteiger partial charge in [-0.25, -0.2) is 9.37 Å². The number of alkyl halides is 7. The molecule has 1 heterocycles. The number of aromatic nitrogens is 2. The lowest BCUT2D eigenvalue weighted by Gasteiger charge is -2.18. The van der Waals surface area contributed by atoms with Crippen LogP contribution in [0.25, 0.3) is 11.0 Å². The number of H-pyrrole nitrogens is 1. The molecule has 1 aromatic heterocycles. The van der Waals surface area contributed by atoms with Crippen LogP contribution in [0.1, 0.15) is 11.4 Å². The summed E-state index contributed by atoms with van der Waals surface area (Å²) in [5.74, 6) is -1.78. The van der Waals surface area contributed by atoms with Crippen LogP contribution in [-0.4, -0.2) is 21.7 Å². The van der Waals surface area contributed by atoms with E-state index < -0.39 is 29.5 Å². The number of hydrogen-bond acceptors (Lipinski definition) is 2. The molecule has 2 rings (SSSR count). The molecule has 21 heavy (non-hydrogen) atoms. The van der Waals surface area contributed by atoms with Gasteiger partial charge in [-0.1, -0.05) is 11.6 Å². The summed E-state index contributed by atoms with van der Waals surface area (Å²) >= 11 is 4.64. The Kier molecular flexibility index (Phi) is 3.73. The molecule has 1 aromatic carbocycles. The van der Waals surface area contributed by atoms with E-state index in [1.807, 2.05) is 4.98 Å². The van der Waals surface area contributed by atoms with Gasteiger partial charge in [-0.3, -0.25) is 0 Å². The standard InChI is InChI=1S/C11H7ClF6N2O/c1-4-2-5-6(20-9(19-5)10(14,15)16)3-7(4)21-11(17,18)8(12)13/h2-3,8H,1H3,(H,19,20). The van der Waals surface area contributed by atoms with Crippen LogP contribution in [0, 0.1) is 6.92 Å². The van der Waals surface area contributed by atoms with Crippen molar-refractivity contribution in [3.63, 3.8) is 0 Å². The van der Waals surface area contributed by atoms with Gasteiger partial charge in [0, 0.05) is 6.07 Å². The fraction of sp³-hybridized carbons (Fsp3) is 0.364. The van der Waals surface area contributed by atoms with Crippen molar-refractivity contribution in [3.05, 3.63) is 23.5 Å². The van der Waals surface area contributed by atoms with E-state index in [-0.39, 0.29) is 16.6 Å². The van der Waals surface area contributed by atoms with Crippen molar-refractivity contribution in [2.75, 3.05) is 0 Å². The highest BCUT2D eigenvalue weighted by molar-refractivity contribution is 6.20. The summed E-state index contributed by atoms with van der Waals surface area (Å²) in [6, 6.07) is 1.98. The number of nitrogens with one attached hydrogen (secondary N) is 1. The van der Waals surface area contributed by atoms with Gasteiger partial charge in [-0.15, -0.1) is 0 Å². The van der Waals surface area contributed by atoms with E-state index in [0.29, 0.717) is 0 Å². The van der Waals surface area contributed by atoms with Crippen LogP contribution in [0.15, 0.2) is 12.1 Å². The minimum atomic E-state index is -4.71. The predicted molar refractivity (Wildman–Crippen MR) is 62.2 cm³/mol. The summed E-state index contributed by atoms with van der Waals surface area (Å²) in [7, 11) is 0. The molecule has 1 N–H and O–H groups in total. The van der Waals surface area contributed by atoms with Crippen LogP contribution >= 0.6 is 11.6 Å². The molecule has 0 aliphatic rings. The van der Waals surface area contributed by atoms with Crippen molar-refractivity contribution >= 4 is 22.6 Å². The van der Waals surface area contributed by atoms with E-state index in [2.05, 4.69) is 21.3 Å². The number of nitrogens with zero attached hydrogens (tertiary/aromatic N) is 1. The Bertz CT molecular complexity index is 667. The predicted octanol–water partition coefficient (Wildman–Crippen LogP) is 4.40. The van der Waals surface area contributed by atoms with Gasteiger partial charge in [0.1, 0.15) is 5.75 Å². The average molecular weight is 333 g/mol. The summed E-state index contributed by atoms with van der Waals surface area (Å²) in [5, 5.41) is 0. The summed E-state index contributed by atoms with van der Waals surface area (Å²) in [6.45, 7) is 1.30. The minimum absolute atomic E-state index is 0.0553. The highest BCUT2D eigenvalue weighted by Crippen LogP contribution is 2.34. The van der Waals surface area contributed by atoms with Crippen LogP contribution in [0.5, 0.6) is 5.75 Å². The van der Waals surface area contributed by atoms with Gasteiger partial charge >= 0.3 is 12.3 Å². The van der Waals surface area contributed by atoms with E-state index in [1.54, 1.807) is 0 Å².